The molecule has 0 bridgehead atoms. The van der Waals surface area contributed by atoms with E-state index in [2.05, 4.69) is 45.1 Å². The maximum Gasteiger partial charge on any atom is 0.221 e. The van der Waals surface area contributed by atoms with E-state index in [1.54, 1.807) is 11.2 Å². The van der Waals surface area contributed by atoms with Crippen molar-refractivity contribution in [3.05, 3.63) is 72.1 Å². The molecule has 7 N–H and O–H groups in total. The van der Waals surface area contributed by atoms with E-state index in [-0.39, 0.29) is 17.4 Å². The van der Waals surface area contributed by atoms with E-state index in [1.165, 1.54) is 5.56 Å². The highest BCUT2D eigenvalue weighted by atomic mass is 16.1. The summed E-state index contributed by atoms with van der Waals surface area (Å²) in [5.41, 5.74) is 16.1. The van der Waals surface area contributed by atoms with Gasteiger partial charge in [0, 0.05) is 30.7 Å². The molecule has 0 saturated carbocycles. The molecule has 3 heterocycles. The molecule has 1 saturated heterocycles. The Balaban J connectivity index is 1.45. The summed E-state index contributed by atoms with van der Waals surface area (Å²) in [5.74, 6) is 6.24. The number of nitrogens with one attached hydrogen (secondary N) is 1. The number of anilines is 1. The van der Waals surface area contributed by atoms with Gasteiger partial charge >= 0.3 is 0 Å². The van der Waals surface area contributed by atoms with Crippen molar-refractivity contribution >= 4 is 22.5 Å². The molecule has 178 valence electrons. The number of hydrogen-bond donors (Lipinski definition) is 4. The van der Waals surface area contributed by atoms with E-state index in [4.69, 9.17) is 17.3 Å². The zero-order chi connectivity index (χ0) is 23.9. The Hall–Kier alpha value is -3.40. The number of aromatic nitrogens is 2. The molecule has 2 aliphatic heterocycles. The van der Waals surface area contributed by atoms with Crippen molar-refractivity contribution in [2.24, 2.45) is 23.2 Å². The van der Waals surface area contributed by atoms with Crippen LogP contribution in [0.4, 0.5) is 5.69 Å². The summed E-state index contributed by atoms with van der Waals surface area (Å²) in [4.78, 5) is 16.4. The Morgan fingerprint density at radius 1 is 1.24 bits per heavy atom. The van der Waals surface area contributed by atoms with Crippen molar-refractivity contribution in [1.29, 1.82) is 0 Å². The van der Waals surface area contributed by atoms with Crippen LogP contribution in [0.1, 0.15) is 25.3 Å². The third-order valence-corrected chi connectivity index (χ3v) is 7.41. The molecular weight excluding hydrogens is 428 g/mol. The molecule has 2 aliphatic rings. The Labute approximate surface area is 199 Å². The number of benzene rings is 2. The minimum Gasteiger partial charge on any atom is -0.369 e. The monoisotopic (exact) mass is 460 g/mol. The van der Waals surface area contributed by atoms with E-state index in [1.807, 2.05) is 36.4 Å². The highest BCUT2D eigenvalue weighted by Crippen LogP contribution is 2.40. The van der Waals surface area contributed by atoms with E-state index < -0.39 is 6.29 Å². The topological polar surface area (TPSA) is 134 Å². The number of carbonyl (C=O) groups is 1. The van der Waals surface area contributed by atoms with Crippen LogP contribution in [0, 0.1) is 5.92 Å². The number of fused-ring (bicyclic) bond motifs is 1. The number of hydrogen-bond acceptors (Lipinski definition) is 7. The van der Waals surface area contributed by atoms with Crippen LogP contribution in [0.15, 0.2) is 66.5 Å². The number of primary amides is 1. The smallest absolute Gasteiger partial charge is 0.221 e. The molecular formula is C25H32N8O. The van der Waals surface area contributed by atoms with Gasteiger partial charge in [0.15, 0.2) is 6.29 Å². The number of carbonyl (C=O) groups excluding carboxylic acids is 1. The number of H-pyrrole nitrogens is 1. The summed E-state index contributed by atoms with van der Waals surface area (Å²) >= 11 is 0. The van der Waals surface area contributed by atoms with Gasteiger partial charge in [0.25, 0.3) is 0 Å². The fourth-order valence-corrected chi connectivity index (χ4v) is 5.29. The van der Waals surface area contributed by atoms with Crippen LogP contribution in [0.25, 0.3) is 10.9 Å². The predicted octanol–water partition coefficient (Wildman–Crippen LogP) is 1.84. The Bertz CT molecular complexity index is 1210. The SMILES string of the molecule is C[C@]1(C2=CCN(c3ccc4cn[nH]c4c3)C(N)N2N)CC[C@H](C(N)=O)CN1Cc1ccccc1. The van der Waals surface area contributed by atoms with Crippen molar-refractivity contribution in [2.75, 3.05) is 18.0 Å². The minimum atomic E-state index is -0.537. The zero-order valence-electron chi connectivity index (χ0n) is 19.4. The molecule has 9 nitrogen and oxygen atoms in total. The summed E-state index contributed by atoms with van der Waals surface area (Å²) in [6, 6.07) is 16.4. The molecule has 3 aromatic rings. The van der Waals surface area contributed by atoms with Gasteiger partial charge in [0.1, 0.15) is 0 Å². The standard InChI is InChI=1S/C25H32N8O/c1-25(11-9-19(23(26)34)16-31(25)15-17-5-3-2-4-6-17)22-10-12-32(24(27)33(22)28)20-8-7-18-14-29-30-21(18)13-20/h2-8,10,13-14,19,24H,9,11-12,15-16,27-28H2,1H3,(H2,26,34)(H,29,30)/t19-,24?,25+/m0/s1. The van der Waals surface area contributed by atoms with Crippen molar-refractivity contribution in [3.8, 4) is 0 Å². The molecule has 9 heteroatoms. The first-order valence-corrected chi connectivity index (χ1v) is 11.6. The second-order valence-corrected chi connectivity index (χ2v) is 9.48. The maximum absolute atomic E-state index is 12.0. The largest absolute Gasteiger partial charge is 0.369 e. The normalized spacial score (nSPS) is 26.0. The van der Waals surface area contributed by atoms with Crippen molar-refractivity contribution < 1.29 is 4.79 Å². The summed E-state index contributed by atoms with van der Waals surface area (Å²) < 4.78 is 0. The second kappa shape index (κ2) is 8.75. The third-order valence-electron chi connectivity index (χ3n) is 7.41. The third kappa shape index (κ3) is 3.91. The van der Waals surface area contributed by atoms with Crippen molar-refractivity contribution in [3.63, 3.8) is 0 Å². The van der Waals surface area contributed by atoms with Gasteiger partial charge in [-0.05, 0) is 49.6 Å². The lowest BCUT2D eigenvalue weighted by molar-refractivity contribution is -0.125. The highest BCUT2D eigenvalue weighted by molar-refractivity contribution is 5.82. The summed E-state index contributed by atoms with van der Waals surface area (Å²) in [6.45, 7) is 4.10. The Morgan fingerprint density at radius 2 is 2.03 bits per heavy atom. The lowest BCUT2D eigenvalue weighted by atomic mass is 9.79. The van der Waals surface area contributed by atoms with Gasteiger partial charge in [0.2, 0.25) is 5.91 Å². The van der Waals surface area contributed by atoms with Crippen LogP contribution >= 0.6 is 0 Å². The predicted molar refractivity (Wildman–Crippen MR) is 133 cm³/mol. The number of nitrogens with two attached hydrogens (primary N) is 3. The molecule has 34 heavy (non-hydrogen) atoms. The lowest BCUT2D eigenvalue weighted by Gasteiger charge is -2.53. The van der Waals surface area contributed by atoms with Crippen LogP contribution in [-0.4, -0.2) is 50.9 Å². The van der Waals surface area contributed by atoms with Gasteiger partial charge in [-0.2, -0.15) is 5.10 Å². The second-order valence-electron chi connectivity index (χ2n) is 9.48. The molecule has 2 aromatic carbocycles. The van der Waals surface area contributed by atoms with Crippen LogP contribution in [0.5, 0.6) is 0 Å². The summed E-state index contributed by atoms with van der Waals surface area (Å²) in [7, 11) is 0. The number of piperidine rings is 1. The number of likely N-dealkylation sites (tertiary alicyclic amines) is 1. The first kappa shape index (κ1) is 22.4. The van der Waals surface area contributed by atoms with Crippen LogP contribution in [0.2, 0.25) is 0 Å². The van der Waals surface area contributed by atoms with Gasteiger partial charge in [-0.15, -0.1) is 0 Å². The first-order chi connectivity index (χ1) is 16.4. The van der Waals surface area contributed by atoms with E-state index in [0.717, 1.165) is 35.1 Å². The van der Waals surface area contributed by atoms with Crippen LogP contribution in [0.3, 0.4) is 0 Å². The fourth-order valence-electron chi connectivity index (χ4n) is 5.29. The van der Waals surface area contributed by atoms with Gasteiger partial charge in [0.05, 0.1) is 28.9 Å². The van der Waals surface area contributed by atoms with Crippen molar-refractivity contribution in [1.82, 2.24) is 20.1 Å². The number of nitrogens with zero attached hydrogens (tertiary/aromatic N) is 4. The quantitative estimate of drug-likeness (QED) is 0.427. The first-order valence-electron chi connectivity index (χ1n) is 11.6. The van der Waals surface area contributed by atoms with Gasteiger partial charge in [-0.25, -0.2) is 5.84 Å². The van der Waals surface area contributed by atoms with E-state index in [9.17, 15) is 4.79 Å². The zero-order valence-corrected chi connectivity index (χ0v) is 19.4. The van der Waals surface area contributed by atoms with Gasteiger partial charge < -0.3 is 10.6 Å². The molecule has 0 aliphatic carbocycles. The molecule has 1 fully saturated rings. The minimum absolute atomic E-state index is 0.182. The Kier molecular flexibility index (Phi) is 5.76. The Morgan fingerprint density at radius 3 is 2.79 bits per heavy atom. The highest BCUT2D eigenvalue weighted by Gasteiger charge is 2.45. The molecule has 0 spiro atoms. The molecule has 1 aromatic heterocycles. The van der Waals surface area contributed by atoms with Crippen LogP contribution in [-0.2, 0) is 11.3 Å². The van der Waals surface area contributed by atoms with Crippen molar-refractivity contribution in [2.45, 2.75) is 38.1 Å². The number of hydrazine groups is 1. The van der Waals surface area contributed by atoms with Gasteiger partial charge in [-0.3, -0.25) is 25.5 Å². The summed E-state index contributed by atoms with van der Waals surface area (Å²) in [5, 5.41) is 9.83. The molecule has 3 atom stereocenters. The molecule has 5 rings (SSSR count). The number of rotatable bonds is 5. The van der Waals surface area contributed by atoms with Gasteiger partial charge in [-0.1, -0.05) is 30.3 Å². The molecule has 0 radical (unpaired) electrons. The summed E-state index contributed by atoms with van der Waals surface area (Å²) in [6.07, 6.45) is 4.90. The average molecular weight is 461 g/mol. The number of amides is 1. The van der Waals surface area contributed by atoms with E-state index in [0.29, 0.717) is 19.6 Å². The van der Waals surface area contributed by atoms with Crippen LogP contribution < -0.4 is 22.2 Å². The number of aromatic amines is 1. The van der Waals surface area contributed by atoms with E-state index >= 15 is 0 Å². The fraction of sp³-hybridized carbons (Fsp3) is 0.360. The average Bonchev–Trinajstić information content (AvgIpc) is 3.30. The lowest BCUT2D eigenvalue weighted by Crippen LogP contribution is -2.66. The maximum atomic E-state index is 12.0. The molecule has 1 amide bonds. The molecule has 1 unspecified atom stereocenters.